The SMILES string of the molecule is CCOC(=O)c1nn(-c2ccc(Br)cc2)c(=O)c2c(NC(=O)c3ccc(C(C)(C)C)cc3)scc12. The van der Waals surface area contributed by atoms with Gasteiger partial charge in [-0.1, -0.05) is 48.8 Å². The molecule has 2 heterocycles. The zero-order valence-electron chi connectivity index (χ0n) is 19.7. The zero-order valence-corrected chi connectivity index (χ0v) is 22.1. The summed E-state index contributed by atoms with van der Waals surface area (Å²) >= 11 is 4.54. The Morgan fingerprint density at radius 3 is 2.34 bits per heavy atom. The highest BCUT2D eigenvalue weighted by Gasteiger charge is 2.23. The second-order valence-corrected chi connectivity index (χ2v) is 10.7. The minimum atomic E-state index is -0.642. The monoisotopic (exact) mass is 553 g/mol. The molecule has 35 heavy (non-hydrogen) atoms. The van der Waals surface area contributed by atoms with Crippen molar-refractivity contribution >= 4 is 54.9 Å². The van der Waals surface area contributed by atoms with Crippen molar-refractivity contribution in [2.45, 2.75) is 33.1 Å². The molecule has 0 unspecified atom stereocenters. The van der Waals surface area contributed by atoms with Crippen LogP contribution in [0.1, 0.15) is 54.1 Å². The van der Waals surface area contributed by atoms with Gasteiger partial charge < -0.3 is 10.1 Å². The summed E-state index contributed by atoms with van der Waals surface area (Å²) in [6.45, 7) is 8.17. The number of carbonyl (C=O) groups excluding carboxylic acids is 2. The van der Waals surface area contributed by atoms with Crippen molar-refractivity contribution in [2.75, 3.05) is 11.9 Å². The Labute approximate surface area is 214 Å². The van der Waals surface area contributed by atoms with Gasteiger partial charge in [0.05, 0.1) is 17.7 Å². The molecular weight excluding hydrogens is 530 g/mol. The van der Waals surface area contributed by atoms with E-state index in [0.29, 0.717) is 21.6 Å². The van der Waals surface area contributed by atoms with Gasteiger partial charge in [-0.3, -0.25) is 9.59 Å². The number of aromatic nitrogens is 2. The van der Waals surface area contributed by atoms with Crippen molar-refractivity contribution in [1.29, 1.82) is 0 Å². The fraction of sp³-hybridized carbons (Fsp3) is 0.231. The summed E-state index contributed by atoms with van der Waals surface area (Å²) in [4.78, 5) is 39.2. The van der Waals surface area contributed by atoms with E-state index in [4.69, 9.17) is 4.74 Å². The first kappa shape index (κ1) is 24.8. The molecule has 0 saturated carbocycles. The summed E-state index contributed by atoms with van der Waals surface area (Å²) in [6.07, 6.45) is 0. The van der Waals surface area contributed by atoms with Crippen LogP contribution in [0.15, 0.2) is 63.2 Å². The third-order valence-electron chi connectivity index (χ3n) is 5.43. The number of thiophene rings is 1. The van der Waals surface area contributed by atoms with Gasteiger partial charge in [-0.05, 0) is 54.3 Å². The Bertz CT molecular complexity index is 1470. The van der Waals surface area contributed by atoms with Crippen LogP contribution in [0.2, 0.25) is 0 Å². The summed E-state index contributed by atoms with van der Waals surface area (Å²) in [5.74, 6) is -0.991. The Hall–Kier alpha value is -3.30. The van der Waals surface area contributed by atoms with Gasteiger partial charge in [0, 0.05) is 20.8 Å². The van der Waals surface area contributed by atoms with E-state index in [-0.39, 0.29) is 29.0 Å². The number of amides is 1. The van der Waals surface area contributed by atoms with Gasteiger partial charge in [0.15, 0.2) is 5.69 Å². The lowest BCUT2D eigenvalue weighted by Gasteiger charge is -2.19. The highest BCUT2D eigenvalue weighted by molar-refractivity contribution is 9.10. The standard InChI is InChI=1S/C26H24BrN3O4S/c1-5-34-25(33)21-19-14-35-23(28-22(31)15-6-8-16(9-7-15)26(2,3)4)20(19)24(32)30(29-21)18-12-10-17(27)11-13-18/h6-14H,5H2,1-4H3,(H,28,31). The van der Waals surface area contributed by atoms with Gasteiger partial charge in [0.2, 0.25) is 0 Å². The van der Waals surface area contributed by atoms with Gasteiger partial charge in [-0.25, -0.2) is 4.79 Å². The minimum Gasteiger partial charge on any atom is -0.461 e. The number of ether oxygens (including phenoxy) is 1. The third kappa shape index (κ3) is 5.06. The quantitative estimate of drug-likeness (QED) is 0.309. The first-order valence-corrected chi connectivity index (χ1v) is 12.7. The lowest BCUT2D eigenvalue weighted by Crippen LogP contribution is -2.25. The molecule has 4 rings (SSSR count). The normalized spacial score (nSPS) is 11.5. The van der Waals surface area contributed by atoms with Crippen molar-refractivity contribution < 1.29 is 14.3 Å². The number of nitrogens with one attached hydrogen (secondary N) is 1. The number of nitrogens with zero attached hydrogens (tertiary/aromatic N) is 2. The van der Waals surface area contributed by atoms with Crippen molar-refractivity contribution in [2.24, 2.45) is 0 Å². The molecule has 2 aromatic carbocycles. The Morgan fingerprint density at radius 1 is 1.09 bits per heavy atom. The van der Waals surface area contributed by atoms with Gasteiger partial charge in [0.25, 0.3) is 11.5 Å². The maximum atomic E-state index is 13.5. The molecular formula is C26H24BrN3O4S. The topological polar surface area (TPSA) is 90.3 Å². The number of fused-ring (bicyclic) bond motifs is 1. The molecule has 180 valence electrons. The fourth-order valence-electron chi connectivity index (χ4n) is 3.55. The van der Waals surface area contributed by atoms with E-state index < -0.39 is 11.5 Å². The number of hydrogen-bond acceptors (Lipinski definition) is 6. The van der Waals surface area contributed by atoms with E-state index in [1.54, 1.807) is 48.7 Å². The number of hydrogen-bond donors (Lipinski definition) is 1. The largest absolute Gasteiger partial charge is 0.461 e. The molecule has 0 aliphatic carbocycles. The summed E-state index contributed by atoms with van der Waals surface area (Å²) in [7, 11) is 0. The van der Waals surface area contributed by atoms with Crippen LogP contribution in [0.5, 0.6) is 0 Å². The molecule has 0 radical (unpaired) electrons. The molecule has 0 fully saturated rings. The third-order valence-corrected chi connectivity index (χ3v) is 6.86. The lowest BCUT2D eigenvalue weighted by molar-refractivity contribution is 0.0520. The van der Waals surface area contributed by atoms with Crippen LogP contribution in [0.3, 0.4) is 0 Å². The second-order valence-electron chi connectivity index (χ2n) is 8.90. The first-order chi connectivity index (χ1) is 16.6. The van der Waals surface area contributed by atoms with E-state index in [1.807, 2.05) is 12.1 Å². The molecule has 0 saturated heterocycles. The second kappa shape index (κ2) is 9.75. The highest BCUT2D eigenvalue weighted by atomic mass is 79.9. The molecule has 2 aromatic heterocycles. The summed E-state index contributed by atoms with van der Waals surface area (Å²) in [5.41, 5.74) is 1.58. The lowest BCUT2D eigenvalue weighted by atomic mass is 9.87. The maximum absolute atomic E-state index is 13.5. The van der Waals surface area contributed by atoms with Crippen LogP contribution in [0.25, 0.3) is 16.5 Å². The number of rotatable bonds is 5. The van der Waals surface area contributed by atoms with Crippen LogP contribution < -0.4 is 10.9 Å². The molecule has 7 nitrogen and oxygen atoms in total. The highest BCUT2D eigenvalue weighted by Crippen LogP contribution is 2.31. The van der Waals surface area contributed by atoms with E-state index in [9.17, 15) is 14.4 Å². The Kier molecular flexibility index (Phi) is 6.91. The zero-order chi connectivity index (χ0) is 25.3. The van der Waals surface area contributed by atoms with Crippen LogP contribution >= 0.6 is 27.3 Å². The molecule has 1 N–H and O–H groups in total. The minimum absolute atomic E-state index is 0.00986. The number of benzene rings is 2. The van der Waals surface area contributed by atoms with Crippen molar-refractivity contribution in [3.8, 4) is 5.69 Å². The molecule has 0 spiro atoms. The van der Waals surface area contributed by atoms with Crippen LogP contribution in [0, 0.1) is 0 Å². The molecule has 0 aliphatic rings. The van der Waals surface area contributed by atoms with E-state index in [0.717, 1.165) is 26.1 Å². The molecule has 0 atom stereocenters. The summed E-state index contributed by atoms with van der Waals surface area (Å²) in [6, 6.07) is 14.3. The van der Waals surface area contributed by atoms with E-state index in [2.05, 4.69) is 47.1 Å². The molecule has 4 aromatic rings. The van der Waals surface area contributed by atoms with Crippen molar-refractivity contribution in [3.63, 3.8) is 0 Å². The molecule has 0 aliphatic heterocycles. The smallest absolute Gasteiger partial charge is 0.359 e. The number of anilines is 1. The molecule has 1 amide bonds. The van der Waals surface area contributed by atoms with Gasteiger partial charge >= 0.3 is 5.97 Å². The van der Waals surface area contributed by atoms with Crippen LogP contribution in [-0.2, 0) is 10.2 Å². The number of esters is 1. The maximum Gasteiger partial charge on any atom is 0.359 e. The first-order valence-electron chi connectivity index (χ1n) is 11.0. The summed E-state index contributed by atoms with van der Waals surface area (Å²) < 4.78 is 7.17. The number of carbonyl (C=O) groups is 2. The van der Waals surface area contributed by atoms with Gasteiger partial charge in [0.1, 0.15) is 5.00 Å². The van der Waals surface area contributed by atoms with Crippen LogP contribution in [-0.4, -0.2) is 28.3 Å². The predicted molar refractivity (Wildman–Crippen MR) is 142 cm³/mol. The van der Waals surface area contributed by atoms with E-state index >= 15 is 0 Å². The van der Waals surface area contributed by atoms with Crippen LogP contribution in [0.4, 0.5) is 5.00 Å². The van der Waals surface area contributed by atoms with Crippen molar-refractivity contribution in [1.82, 2.24) is 9.78 Å². The predicted octanol–water partition coefficient (Wildman–Crippen LogP) is 5.94. The number of halogens is 1. The van der Waals surface area contributed by atoms with E-state index in [1.165, 1.54) is 0 Å². The summed E-state index contributed by atoms with van der Waals surface area (Å²) in [5, 5.41) is 9.68. The average Bonchev–Trinajstić information content (AvgIpc) is 3.24. The Morgan fingerprint density at radius 2 is 1.74 bits per heavy atom. The molecule has 0 bridgehead atoms. The average molecular weight is 554 g/mol. The fourth-order valence-corrected chi connectivity index (χ4v) is 4.74. The van der Waals surface area contributed by atoms with Crippen molar-refractivity contribution in [3.05, 3.63) is 85.6 Å². The van der Waals surface area contributed by atoms with Gasteiger partial charge in [-0.15, -0.1) is 11.3 Å². The Balaban J connectivity index is 1.80. The molecule has 9 heteroatoms. The van der Waals surface area contributed by atoms with Gasteiger partial charge in [-0.2, -0.15) is 9.78 Å².